The highest BCUT2D eigenvalue weighted by Crippen LogP contribution is 2.32. The molecule has 0 spiro atoms. The molecule has 1 fully saturated rings. The number of H-pyrrole nitrogens is 1. The summed E-state index contributed by atoms with van der Waals surface area (Å²) >= 11 is 12.5. The topological polar surface area (TPSA) is 44.4 Å². The van der Waals surface area contributed by atoms with Gasteiger partial charge in [0.1, 0.15) is 5.65 Å². The van der Waals surface area contributed by atoms with Gasteiger partial charge in [0, 0.05) is 43.8 Å². The number of pyridine rings is 1. The Bertz CT molecular complexity index is 922. The van der Waals surface area contributed by atoms with Crippen LogP contribution >= 0.6 is 23.2 Å². The normalized spacial score (nSPS) is 15.3. The summed E-state index contributed by atoms with van der Waals surface area (Å²) < 4.78 is 5.79. The Kier molecular flexibility index (Phi) is 6.25. The highest BCUT2D eigenvalue weighted by Gasteiger charge is 2.19. The number of benzene rings is 1. The first-order valence-corrected chi connectivity index (χ1v) is 10.4. The van der Waals surface area contributed by atoms with Crippen LogP contribution in [0.2, 0.25) is 10.0 Å². The summed E-state index contributed by atoms with van der Waals surface area (Å²) in [6.45, 7) is 5.79. The Hall–Kier alpha value is -1.95. The molecule has 7 heteroatoms. The average Bonchev–Trinajstić information content (AvgIpc) is 3.18. The lowest BCUT2D eigenvalue weighted by Crippen LogP contribution is -2.46. The van der Waals surface area contributed by atoms with E-state index in [-0.39, 0.29) is 0 Å². The van der Waals surface area contributed by atoms with Gasteiger partial charge in [-0.2, -0.15) is 4.98 Å². The molecule has 0 unspecified atom stereocenters. The molecule has 3 aromatic rings. The molecule has 3 heterocycles. The van der Waals surface area contributed by atoms with Crippen LogP contribution in [0.15, 0.2) is 42.6 Å². The molecule has 1 aliphatic heterocycles. The zero-order chi connectivity index (χ0) is 19.3. The van der Waals surface area contributed by atoms with Gasteiger partial charge in [0.25, 0.3) is 0 Å². The van der Waals surface area contributed by atoms with Crippen molar-refractivity contribution < 1.29 is 4.74 Å². The molecule has 0 saturated carbocycles. The van der Waals surface area contributed by atoms with Gasteiger partial charge in [0.05, 0.1) is 22.3 Å². The molecule has 1 aliphatic rings. The number of nitrogens with zero attached hydrogens (tertiary/aromatic N) is 3. The van der Waals surface area contributed by atoms with Crippen molar-refractivity contribution in [3.8, 4) is 5.88 Å². The van der Waals surface area contributed by atoms with E-state index in [9.17, 15) is 0 Å². The monoisotopic (exact) mass is 418 g/mol. The maximum Gasteiger partial charge on any atom is 0.215 e. The number of hydrogen-bond acceptors (Lipinski definition) is 4. The number of fused-ring (bicyclic) bond motifs is 1. The van der Waals surface area contributed by atoms with Crippen molar-refractivity contribution in [2.24, 2.45) is 0 Å². The van der Waals surface area contributed by atoms with Gasteiger partial charge in [-0.3, -0.25) is 4.90 Å². The van der Waals surface area contributed by atoms with Gasteiger partial charge < -0.3 is 14.6 Å². The molecule has 28 heavy (non-hydrogen) atoms. The maximum atomic E-state index is 6.35. The van der Waals surface area contributed by atoms with Crippen LogP contribution in [-0.4, -0.2) is 54.2 Å². The lowest BCUT2D eigenvalue weighted by Gasteiger charge is -2.36. The van der Waals surface area contributed by atoms with E-state index in [1.54, 1.807) is 0 Å². The molecule has 5 nitrogen and oxygen atoms in total. The molecule has 0 aliphatic carbocycles. The molecule has 148 valence electrons. The van der Waals surface area contributed by atoms with Gasteiger partial charge in [0.15, 0.2) is 0 Å². The van der Waals surface area contributed by atoms with Gasteiger partial charge in [0.2, 0.25) is 5.88 Å². The molecule has 4 rings (SSSR count). The quantitative estimate of drug-likeness (QED) is 0.556. The first-order valence-electron chi connectivity index (χ1n) is 9.69. The van der Waals surface area contributed by atoms with Gasteiger partial charge in [-0.15, -0.1) is 0 Å². The van der Waals surface area contributed by atoms with Crippen LogP contribution in [0.5, 0.6) is 5.88 Å². The number of anilines is 1. The van der Waals surface area contributed by atoms with Gasteiger partial charge in [-0.25, -0.2) is 0 Å². The minimum atomic E-state index is 0.617. The minimum absolute atomic E-state index is 0.617. The van der Waals surface area contributed by atoms with Crippen molar-refractivity contribution in [1.82, 2.24) is 14.9 Å². The lowest BCUT2D eigenvalue weighted by molar-refractivity contribution is 0.237. The number of hydrogen-bond donors (Lipinski definition) is 1. The molecule has 1 N–H and O–H groups in total. The molecule has 0 amide bonds. The fourth-order valence-electron chi connectivity index (χ4n) is 3.56. The van der Waals surface area contributed by atoms with E-state index >= 15 is 0 Å². The third-order valence-electron chi connectivity index (χ3n) is 5.15. The number of unbranched alkanes of at least 4 members (excludes halogenated alkanes) is 1. The van der Waals surface area contributed by atoms with Gasteiger partial charge >= 0.3 is 0 Å². The SMILES string of the molecule is Clc1cccc(N2CCN(CCCCOc3ccc4cc[nH]c4n3)CC2)c1Cl. The Morgan fingerprint density at radius 1 is 1.00 bits per heavy atom. The second-order valence-electron chi connectivity index (χ2n) is 7.02. The van der Waals surface area contributed by atoms with E-state index in [0.29, 0.717) is 22.5 Å². The van der Waals surface area contributed by atoms with Crippen molar-refractivity contribution in [3.63, 3.8) is 0 Å². The van der Waals surface area contributed by atoms with Crippen LogP contribution in [-0.2, 0) is 0 Å². The highest BCUT2D eigenvalue weighted by atomic mass is 35.5. The number of piperazine rings is 1. The Balaban J connectivity index is 1.16. The number of aromatic nitrogens is 2. The number of aromatic amines is 1. The summed E-state index contributed by atoms with van der Waals surface area (Å²) in [5.41, 5.74) is 1.91. The second-order valence-corrected chi connectivity index (χ2v) is 7.81. The lowest BCUT2D eigenvalue weighted by atomic mass is 10.2. The smallest absolute Gasteiger partial charge is 0.215 e. The zero-order valence-electron chi connectivity index (χ0n) is 15.7. The van der Waals surface area contributed by atoms with E-state index < -0.39 is 0 Å². The number of halogens is 2. The number of ether oxygens (including phenoxy) is 1. The van der Waals surface area contributed by atoms with Crippen LogP contribution < -0.4 is 9.64 Å². The fraction of sp³-hybridized carbons (Fsp3) is 0.381. The largest absolute Gasteiger partial charge is 0.478 e. The van der Waals surface area contributed by atoms with Crippen molar-refractivity contribution in [2.75, 3.05) is 44.2 Å². The molecule has 0 radical (unpaired) electrons. The van der Waals surface area contributed by atoms with Gasteiger partial charge in [-0.1, -0.05) is 29.3 Å². The van der Waals surface area contributed by atoms with Crippen molar-refractivity contribution in [1.29, 1.82) is 0 Å². The summed E-state index contributed by atoms with van der Waals surface area (Å²) in [4.78, 5) is 12.4. The number of rotatable bonds is 7. The van der Waals surface area contributed by atoms with Crippen LogP contribution in [0, 0.1) is 0 Å². The van der Waals surface area contributed by atoms with E-state index in [0.717, 1.165) is 62.3 Å². The van der Waals surface area contributed by atoms with E-state index in [4.69, 9.17) is 27.9 Å². The molecular weight excluding hydrogens is 395 g/mol. The molecular formula is C21H24Cl2N4O. The first-order chi connectivity index (χ1) is 13.7. The van der Waals surface area contributed by atoms with Gasteiger partial charge in [-0.05, 0) is 43.7 Å². The van der Waals surface area contributed by atoms with Crippen LogP contribution in [0.25, 0.3) is 11.0 Å². The molecule has 0 bridgehead atoms. The maximum absolute atomic E-state index is 6.35. The van der Waals surface area contributed by atoms with Crippen LogP contribution in [0.1, 0.15) is 12.8 Å². The second kappa shape index (κ2) is 9.03. The molecule has 1 saturated heterocycles. The molecule has 0 atom stereocenters. The summed E-state index contributed by atoms with van der Waals surface area (Å²) in [6.07, 6.45) is 4.02. The summed E-state index contributed by atoms with van der Waals surface area (Å²) in [5.74, 6) is 0.682. The average molecular weight is 419 g/mol. The molecule has 1 aromatic carbocycles. The van der Waals surface area contributed by atoms with E-state index in [1.165, 1.54) is 0 Å². The summed E-state index contributed by atoms with van der Waals surface area (Å²) in [7, 11) is 0. The van der Waals surface area contributed by atoms with Crippen LogP contribution in [0.4, 0.5) is 5.69 Å². The van der Waals surface area contributed by atoms with E-state index in [2.05, 4.69) is 19.8 Å². The minimum Gasteiger partial charge on any atom is -0.478 e. The third-order valence-corrected chi connectivity index (χ3v) is 5.96. The summed E-state index contributed by atoms with van der Waals surface area (Å²) in [6, 6.07) is 11.8. The highest BCUT2D eigenvalue weighted by molar-refractivity contribution is 6.43. The van der Waals surface area contributed by atoms with Crippen molar-refractivity contribution in [3.05, 3.63) is 52.6 Å². The van der Waals surface area contributed by atoms with Crippen molar-refractivity contribution in [2.45, 2.75) is 12.8 Å². The zero-order valence-corrected chi connectivity index (χ0v) is 17.2. The Morgan fingerprint density at radius 3 is 2.71 bits per heavy atom. The van der Waals surface area contributed by atoms with Crippen LogP contribution in [0.3, 0.4) is 0 Å². The third kappa shape index (κ3) is 4.54. The predicted molar refractivity (Wildman–Crippen MR) is 116 cm³/mol. The first kappa shape index (κ1) is 19.4. The fourth-order valence-corrected chi connectivity index (χ4v) is 3.97. The molecule has 2 aromatic heterocycles. The Morgan fingerprint density at radius 2 is 1.86 bits per heavy atom. The number of nitrogens with one attached hydrogen (secondary N) is 1. The van der Waals surface area contributed by atoms with E-state index in [1.807, 2.05) is 42.6 Å². The standard InChI is InChI=1S/C21H24Cl2N4O/c22-17-4-3-5-18(20(17)23)27-13-11-26(12-14-27)10-1-2-15-28-19-7-6-16-8-9-24-21(16)25-19/h3-9H,1-2,10-15H2,(H,24,25). The van der Waals surface area contributed by atoms with Crippen molar-refractivity contribution >= 4 is 39.9 Å². The predicted octanol–water partition coefficient (Wildman–Crippen LogP) is 4.85. The Labute approximate surface area is 175 Å². The summed E-state index contributed by atoms with van der Waals surface area (Å²) in [5, 5.41) is 2.37.